The molecule has 0 unspecified atom stereocenters. The third-order valence-electron chi connectivity index (χ3n) is 2.63. The van der Waals surface area contributed by atoms with E-state index in [1.165, 1.54) is 0 Å². The number of rotatable bonds is 2. The van der Waals surface area contributed by atoms with E-state index in [0.29, 0.717) is 22.4 Å². The number of hydrogen-bond donors (Lipinski definition) is 1. The summed E-state index contributed by atoms with van der Waals surface area (Å²) in [6.07, 6.45) is 0. The van der Waals surface area contributed by atoms with Gasteiger partial charge in [0, 0.05) is 11.6 Å². The first-order valence-corrected chi connectivity index (χ1v) is 5.84. The monoisotopic (exact) mass is 263 g/mol. The molecule has 1 aromatic heterocycles. The normalized spacial score (nSPS) is 10.4. The van der Waals surface area contributed by atoms with Gasteiger partial charge in [-0.25, -0.2) is 9.97 Å². The minimum Gasteiger partial charge on any atom is -0.495 e. The molecule has 1 heterocycles. The second-order valence-electron chi connectivity index (χ2n) is 4.03. The molecule has 2 aromatic rings. The molecule has 0 fully saturated rings. The molecule has 1 aromatic carbocycles. The van der Waals surface area contributed by atoms with Crippen LogP contribution in [0.2, 0.25) is 5.02 Å². The average Bonchev–Trinajstić information content (AvgIpc) is 2.30. The summed E-state index contributed by atoms with van der Waals surface area (Å²) in [7, 11) is 1.59. The quantitative estimate of drug-likeness (QED) is 0.905. The highest BCUT2D eigenvalue weighted by molar-refractivity contribution is 6.32. The fourth-order valence-electron chi connectivity index (χ4n) is 1.82. The minimum absolute atomic E-state index is 0.448. The molecular formula is C13H14ClN3O. The van der Waals surface area contributed by atoms with Crippen molar-refractivity contribution in [3.63, 3.8) is 0 Å². The van der Waals surface area contributed by atoms with Crippen LogP contribution in [0.5, 0.6) is 5.75 Å². The van der Waals surface area contributed by atoms with E-state index in [9.17, 15) is 0 Å². The Balaban J connectivity index is 2.60. The van der Waals surface area contributed by atoms with Gasteiger partial charge in [-0.1, -0.05) is 11.6 Å². The number of methoxy groups -OCH3 is 1. The fourth-order valence-corrected chi connectivity index (χ4v) is 2.06. The number of nitrogens with zero attached hydrogens (tertiary/aromatic N) is 2. The zero-order valence-electron chi connectivity index (χ0n) is 10.5. The number of nitrogens with two attached hydrogens (primary N) is 1. The molecule has 0 atom stereocenters. The van der Waals surface area contributed by atoms with Gasteiger partial charge in [0.25, 0.3) is 0 Å². The van der Waals surface area contributed by atoms with E-state index in [0.717, 1.165) is 16.8 Å². The summed E-state index contributed by atoms with van der Waals surface area (Å²) < 4.78 is 5.17. The molecular weight excluding hydrogens is 250 g/mol. The molecule has 0 radical (unpaired) electrons. The molecule has 18 heavy (non-hydrogen) atoms. The lowest BCUT2D eigenvalue weighted by Crippen LogP contribution is -1.98. The van der Waals surface area contributed by atoms with Gasteiger partial charge in [-0.3, -0.25) is 0 Å². The van der Waals surface area contributed by atoms with Gasteiger partial charge in [0.2, 0.25) is 0 Å². The van der Waals surface area contributed by atoms with Crippen molar-refractivity contribution in [2.45, 2.75) is 13.8 Å². The summed E-state index contributed by atoms with van der Waals surface area (Å²) in [5.41, 5.74) is 8.45. The van der Waals surface area contributed by atoms with Crippen molar-refractivity contribution in [3.05, 3.63) is 34.6 Å². The van der Waals surface area contributed by atoms with Crippen molar-refractivity contribution < 1.29 is 4.74 Å². The Labute approximate surface area is 111 Å². The summed E-state index contributed by atoms with van der Waals surface area (Å²) in [6.45, 7) is 3.78. The van der Waals surface area contributed by atoms with Gasteiger partial charge in [0.1, 0.15) is 17.4 Å². The number of nitrogen functional groups attached to an aromatic ring is 1. The van der Waals surface area contributed by atoms with Crippen LogP contribution in [0.4, 0.5) is 5.82 Å². The number of benzene rings is 1. The first-order valence-electron chi connectivity index (χ1n) is 5.47. The van der Waals surface area contributed by atoms with Gasteiger partial charge in [-0.15, -0.1) is 0 Å². The predicted octanol–water partition coefficient (Wildman–Crippen LogP) is 3.00. The Morgan fingerprint density at radius 2 is 1.89 bits per heavy atom. The van der Waals surface area contributed by atoms with Crippen molar-refractivity contribution in [1.29, 1.82) is 0 Å². The molecule has 2 rings (SSSR count). The van der Waals surface area contributed by atoms with E-state index in [4.69, 9.17) is 22.1 Å². The Bertz CT molecular complexity index is 579. The topological polar surface area (TPSA) is 61.0 Å². The van der Waals surface area contributed by atoms with Gasteiger partial charge in [0.05, 0.1) is 17.8 Å². The lowest BCUT2D eigenvalue weighted by Gasteiger charge is -2.10. The summed E-state index contributed by atoms with van der Waals surface area (Å²) in [4.78, 5) is 8.43. The SMILES string of the molecule is COc1cc(C)c(-c2cc(N)nc(C)n2)cc1Cl. The molecule has 0 aliphatic rings. The Morgan fingerprint density at radius 1 is 1.17 bits per heavy atom. The highest BCUT2D eigenvalue weighted by Crippen LogP contribution is 2.33. The molecule has 2 N–H and O–H groups in total. The zero-order valence-corrected chi connectivity index (χ0v) is 11.2. The van der Waals surface area contributed by atoms with E-state index in [1.807, 2.05) is 19.1 Å². The fraction of sp³-hybridized carbons (Fsp3) is 0.231. The van der Waals surface area contributed by atoms with Gasteiger partial charge < -0.3 is 10.5 Å². The number of ether oxygens (including phenoxy) is 1. The van der Waals surface area contributed by atoms with E-state index in [-0.39, 0.29) is 0 Å². The third kappa shape index (κ3) is 2.38. The lowest BCUT2D eigenvalue weighted by atomic mass is 10.0. The van der Waals surface area contributed by atoms with Crippen LogP contribution in [0.25, 0.3) is 11.3 Å². The standard InChI is InChI=1S/C13H14ClN3O/c1-7-4-12(18-3)10(14)5-9(7)11-6-13(15)17-8(2)16-11/h4-6H,1-3H3,(H2,15,16,17). The number of halogens is 1. The number of aryl methyl sites for hydroxylation is 2. The van der Waals surface area contributed by atoms with E-state index in [2.05, 4.69) is 9.97 Å². The Kier molecular flexibility index (Phi) is 3.39. The summed E-state index contributed by atoms with van der Waals surface area (Å²) >= 11 is 6.13. The highest BCUT2D eigenvalue weighted by atomic mass is 35.5. The lowest BCUT2D eigenvalue weighted by molar-refractivity contribution is 0.415. The van der Waals surface area contributed by atoms with Crippen LogP contribution in [0.3, 0.4) is 0 Å². The minimum atomic E-state index is 0.448. The molecule has 94 valence electrons. The van der Waals surface area contributed by atoms with E-state index in [1.54, 1.807) is 20.1 Å². The third-order valence-corrected chi connectivity index (χ3v) is 2.93. The highest BCUT2D eigenvalue weighted by Gasteiger charge is 2.10. The van der Waals surface area contributed by atoms with Crippen molar-refractivity contribution in [3.8, 4) is 17.0 Å². The Morgan fingerprint density at radius 3 is 2.50 bits per heavy atom. The molecule has 0 amide bonds. The van der Waals surface area contributed by atoms with E-state index < -0.39 is 0 Å². The second kappa shape index (κ2) is 4.82. The number of anilines is 1. The van der Waals surface area contributed by atoms with Crippen molar-refractivity contribution in [2.75, 3.05) is 12.8 Å². The van der Waals surface area contributed by atoms with Crippen LogP contribution in [-0.2, 0) is 0 Å². The molecule has 0 saturated carbocycles. The van der Waals surface area contributed by atoms with Crippen LogP contribution in [0, 0.1) is 13.8 Å². The number of aromatic nitrogens is 2. The first kappa shape index (κ1) is 12.6. The average molecular weight is 264 g/mol. The maximum Gasteiger partial charge on any atom is 0.137 e. The van der Waals surface area contributed by atoms with E-state index >= 15 is 0 Å². The summed E-state index contributed by atoms with van der Waals surface area (Å²) in [6, 6.07) is 5.44. The van der Waals surface area contributed by atoms with Crippen molar-refractivity contribution in [2.24, 2.45) is 0 Å². The largest absolute Gasteiger partial charge is 0.495 e. The Hall–Kier alpha value is -1.81. The molecule has 0 saturated heterocycles. The van der Waals surface area contributed by atoms with Crippen molar-refractivity contribution in [1.82, 2.24) is 9.97 Å². The predicted molar refractivity (Wildman–Crippen MR) is 72.9 cm³/mol. The first-order chi connectivity index (χ1) is 8.51. The maximum absolute atomic E-state index is 6.13. The molecule has 0 aliphatic carbocycles. The van der Waals surface area contributed by atoms with Gasteiger partial charge in [-0.2, -0.15) is 0 Å². The molecule has 0 aliphatic heterocycles. The summed E-state index contributed by atoms with van der Waals surface area (Å²) in [5, 5.41) is 0.549. The molecule has 5 heteroatoms. The summed E-state index contributed by atoms with van der Waals surface area (Å²) in [5.74, 6) is 1.73. The maximum atomic E-state index is 6.13. The van der Waals surface area contributed by atoms with Gasteiger partial charge in [0.15, 0.2) is 0 Å². The molecule has 0 spiro atoms. The van der Waals surface area contributed by atoms with Gasteiger partial charge in [-0.05, 0) is 31.5 Å². The van der Waals surface area contributed by atoms with Gasteiger partial charge >= 0.3 is 0 Å². The zero-order chi connectivity index (χ0) is 13.3. The van der Waals surface area contributed by atoms with Crippen LogP contribution in [0.1, 0.15) is 11.4 Å². The van der Waals surface area contributed by atoms with Crippen molar-refractivity contribution >= 4 is 17.4 Å². The van der Waals surface area contributed by atoms with Crippen LogP contribution >= 0.6 is 11.6 Å². The molecule has 4 nitrogen and oxygen atoms in total. The van der Waals surface area contributed by atoms with Crippen LogP contribution in [0.15, 0.2) is 18.2 Å². The number of hydrogen-bond acceptors (Lipinski definition) is 4. The second-order valence-corrected chi connectivity index (χ2v) is 4.43. The van der Waals surface area contributed by atoms with Crippen LogP contribution in [-0.4, -0.2) is 17.1 Å². The van der Waals surface area contributed by atoms with Crippen LogP contribution < -0.4 is 10.5 Å². The smallest absolute Gasteiger partial charge is 0.137 e. The molecule has 0 bridgehead atoms.